The van der Waals surface area contributed by atoms with Crippen LogP contribution in [0.1, 0.15) is 28.9 Å². The van der Waals surface area contributed by atoms with Crippen molar-refractivity contribution in [2.45, 2.75) is 13.0 Å². The highest BCUT2D eigenvalue weighted by Gasteiger charge is 2.22. The second kappa shape index (κ2) is 6.71. The van der Waals surface area contributed by atoms with Crippen LogP contribution in [0, 0.1) is 5.92 Å². The van der Waals surface area contributed by atoms with E-state index in [0.717, 1.165) is 5.56 Å². The van der Waals surface area contributed by atoms with E-state index in [1.807, 2.05) is 55.5 Å². The zero-order chi connectivity index (χ0) is 14.4. The van der Waals surface area contributed by atoms with Crippen LogP contribution in [0.4, 0.5) is 0 Å². The van der Waals surface area contributed by atoms with Crippen LogP contribution in [-0.4, -0.2) is 5.97 Å². The van der Waals surface area contributed by atoms with E-state index in [9.17, 15) is 4.79 Å². The Bertz CT molecular complexity index is 560. The smallest absolute Gasteiger partial charge is 0.338 e. The Morgan fingerprint density at radius 1 is 1.05 bits per heavy atom. The summed E-state index contributed by atoms with van der Waals surface area (Å²) in [7, 11) is 0. The molecule has 0 saturated carbocycles. The lowest BCUT2D eigenvalue weighted by Crippen LogP contribution is -2.17. The van der Waals surface area contributed by atoms with Gasteiger partial charge in [-0.1, -0.05) is 61.5 Å². The van der Waals surface area contributed by atoms with E-state index in [1.165, 1.54) is 0 Å². The Hall–Kier alpha value is -2.35. The van der Waals surface area contributed by atoms with Gasteiger partial charge < -0.3 is 4.74 Å². The van der Waals surface area contributed by atoms with Gasteiger partial charge in [0.05, 0.1) is 5.56 Å². The van der Waals surface area contributed by atoms with Gasteiger partial charge in [0.25, 0.3) is 0 Å². The Balaban J connectivity index is 2.21. The molecule has 0 aliphatic rings. The van der Waals surface area contributed by atoms with E-state index < -0.39 is 0 Å². The van der Waals surface area contributed by atoms with E-state index >= 15 is 0 Å². The quantitative estimate of drug-likeness (QED) is 0.592. The molecule has 2 rings (SSSR count). The number of carbonyl (C=O) groups excluding carboxylic acids is 1. The molecule has 2 nitrogen and oxygen atoms in total. The Kier molecular flexibility index (Phi) is 4.72. The molecular formula is C18H18O2. The summed E-state index contributed by atoms with van der Waals surface area (Å²) in [6, 6.07) is 18.8. The van der Waals surface area contributed by atoms with Gasteiger partial charge in [-0.2, -0.15) is 0 Å². The second-order valence-electron chi connectivity index (χ2n) is 4.70. The summed E-state index contributed by atoms with van der Waals surface area (Å²) in [4.78, 5) is 12.2. The fourth-order valence-corrected chi connectivity index (χ4v) is 2.00. The summed E-state index contributed by atoms with van der Waals surface area (Å²) in [5.74, 6) is -0.266. The van der Waals surface area contributed by atoms with Crippen molar-refractivity contribution in [1.82, 2.24) is 0 Å². The fourth-order valence-electron chi connectivity index (χ4n) is 2.00. The van der Waals surface area contributed by atoms with E-state index in [4.69, 9.17) is 4.74 Å². The second-order valence-corrected chi connectivity index (χ2v) is 4.70. The zero-order valence-corrected chi connectivity index (χ0v) is 11.5. The van der Waals surface area contributed by atoms with E-state index in [2.05, 4.69) is 6.58 Å². The maximum Gasteiger partial charge on any atom is 0.338 e. The number of hydrogen-bond donors (Lipinski definition) is 0. The number of carbonyl (C=O) groups is 1. The van der Waals surface area contributed by atoms with Crippen LogP contribution in [0.25, 0.3) is 0 Å². The first kappa shape index (κ1) is 14.1. The minimum absolute atomic E-state index is 0.0464. The molecule has 2 aromatic rings. The molecule has 0 spiro atoms. The SMILES string of the molecule is C=CC(C)C(OC(=O)c1ccccc1)c1ccccc1. The molecule has 2 aromatic carbocycles. The molecule has 0 aromatic heterocycles. The van der Waals surface area contributed by atoms with Crippen molar-refractivity contribution < 1.29 is 9.53 Å². The summed E-state index contributed by atoms with van der Waals surface area (Å²) in [6.45, 7) is 5.78. The van der Waals surface area contributed by atoms with Gasteiger partial charge in [-0.15, -0.1) is 6.58 Å². The molecule has 0 saturated heterocycles. The van der Waals surface area contributed by atoms with Gasteiger partial charge in [-0.3, -0.25) is 0 Å². The fraction of sp³-hybridized carbons (Fsp3) is 0.167. The molecule has 0 fully saturated rings. The van der Waals surface area contributed by atoms with E-state index in [-0.39, 0.29) is 18.0 Å². The first-order valence-electron chi connectivity index (χ1n) is 6.66. The van der Waals surface area contributed by atoms with Gasteiger partial charge >= 0.3 is 5.97 Å². The molecule has 0 aliphatic carbocycles. The normalized spacial score (nSPS) is 13.2. The molecule has 0 heterocycles. The average molecular weight is 266 g/mol. The van der Waals surface area contributed by atoms with Crippen LogP contribution >= 0.6 is 0 Å². The maximum absolute atomic E-state index is 12.2. The van der Waals surface area contributed by atoms with Crippen LogP contribution in [0.5, 0.6) is 0 Å². The molecular weight excluding hydrogens is 248 g/mol. The lowest BCUT2D eigenvalue weighted by Gasteiger charge is -2.22. The highest BCUT2D eigenvalue weighted by molar-refractivity contribution is 5.89. The summed E-state index contributed by atoms with van der Waals surface area (Å²) in [5, 5.41) is 0. The van der Waals surface area contributed by atoms with Gasteiger partial charge in [-0.25, -0.2) is 4.79 Å². The van der Waals surface area contributed by atoms with Gasteiger partial charge in [0.2, 0.25) is 0 Å². The van der Waals surface area contributed by atoms with Crippen LogP contribution in [0.3, 0.4) is 0 Å². The van der Waals surface area contributed by atoms with Gasteiger partial charge in [0.1, 0.15) is 6.10 Å². The van der Waals surface area contributed by atoms with Gasteiger partial charge in [-0.05, 0) is 17.7 Å². The predicted octanol–water partition coefficient (Wildman–Crippen LogP) is 4.41. The van der Waals surface area contributed by atoms with Crippen molar-refractivity contribution in [2.24, 2.45) is 5.92 Å². The molecule has 2 unspecified atom stereocenters. The molecule has 20 heavy (non-hydrogen) atoms. The van der Waals surface area contributed by atoms with Crippen molar-refractivity contribution in [3.05, 3.63) is 84.4 Å². The third kappa shape index (κ3) is 3.35. The highest BCUT2D eigenvalue weighted by atomic mass is 16.5. The third-order valence-corrected chi connectivity index (χ3v) is 3.22. The van der Waals surface area contributed by atoms with Crippen molar-refractivity contribution in [1.29, 1.82) is 0 Å². The topological polar surface area (TPSA) is 26.3 Å². The number of hydrogen-bond acceptors (Lipinski definition) is 2. The van der Waals surface area contributed by atoms with Gasteiger partial charge in [0.15, 0.2) is 0 Å². The van der Waals surface area contributed by atoms with E-state index in [1.54, 1.807) is 18.2 Å². The standard InChI is InChI=1S/C18H18O2/c1-3-14(2)17(15-10-6-4-7-11-15)20-18(19)16-12-8-5-9-13-16/h3-14,17H,1H2,2H3. The summed E-state index contributed by atoms with van der Waals surface area (Å²) < 4.78 is 5.67. The number of benzene rings is 2. The first-order valence-corrected chi connectivity index (χ1v) is 6.66. The molecule has 0 aliphatic heterocycles. The lowest BCUT2D eigenvalue weighted by atomic mass is 9.97. The first-order chi connectivity index (χ1) is 9.72. The summed E-state index contributed by atoms with van der Waals surface area (Å²) >= 11 is 0. The highest BCUT2D eigenvalue weighted by Crippen LogP contribution is 2.27. The van der Waals surface area contributed by atoms with E-state index in [0.29, 0.717) is 5.56 Å². The van der Waals surface area contributed by atoms with Crippen molar-refractivity contribution in [2.75, 3.05) is 0 Å². The Morgan fingerprint density at radius 3 is 2.15 bits per heavy atom. The molecule has 2 heteroatoms. The van der Waals surface area contributed by atoms with Crippen molar-refractivity contribution in [3.8, 4) is 0 Å². The average Bonchev–Trinajstić information content (AvgIpc) is 2.53. The number of esters is 1. The molecule has 0 radical (unpaired) electrons. The molecule has 2 atom stereocenters. The van der Waals surface area contributed by atoms with Crippen molar-refractivity contribution in [3.63, 3.8) is 0 Å². The predicted molar refractivity (Wildman–Crippen MR) is 80.4 cm³/mol. The summed E-state index contributed by atoms with van der Waals surface area (Å²) in [5.41, 5.74) is 1.54. The Labute approximate surface area is 119 Å². The van der Waals surface area contributed by atoms with Gasteiger partial charge in [0, 0.05) is 5.92 Å². The van der Waals surface area contributed by atoms with Crippen LogP contribution < -0.4 is 0 Å². The van der Waals surface area contributed by atoms with Crippen LogP contribution in [0.2, 0.25) is 0 Å². The minimum atomic E-state index is -0.318. The molecule has 0 N–H and O–H groups in total. The zero-order valence-electron chi connectivity index (χ0n) is 11.5. The molecule has 0 amide bonds. The summed E-state index contributed by atoms with van der Waals surface area (Å²) in [6.07, 6.45) is 1.48. The third-order valence-electron chi connectivity index (χ3n) is 3.22. The minimum Gasteiger partial charge on any atom is -0.453 e. The Morgan fingerprint density at radius 2 is 1.60 bits per heavy atom. The maximum atomic E-state index is 12.2. The molecule has 102 valence electrons. The van der Waals surface area contributed by atoms with Crippen molar-refractivity contribution >= 4 is 5.97 Å². The largest absolute Gasteiger partial charge is 0.453 e. The number of rotatable bonds is 5. The van der Waals surface area contributed by atoms with Crippen LogP contribution in [0.15, 0.2) is 73.3 Å². The monoisotopic (exact) mass is 266 g/mol. The molecule has 0 bridgehead atoms. The number of ether oxygens (including phenoxy) is 1. The van der Waals surface area contributed by atoms with Crippen LogP contribution in [-0.2, 0) is 4.74 Å². The lowest BCUT2D eigenvalue weighted by molar-refractivity contribution is 0.0209.